The molecule has 0 radical (unpaired) electrons. The second kappa shape index (κ2) is 5.83. The van der Waals surface area contributed by atoms with Crippen LogP contribution in [0.1, 0.15) is 88.0 Å². The largest absolute Gasteiger partial charge is 0.335 e. The summed E-state index contributed by atoms with van der Waals surface area (Å²) < 4.78 is 0. The van der Waals surface area contributed by atoms with Crippen LogP contribution in [0.2, 0.25) is 0 Å². The van der Waals surface area contributed by atoms with E-state index in [9.17, 15) is 4.79 Å². The van der Waals surface area contributed by atoms with E-state index in [0.717, 1.165) is 37.3 Å². The first-order chi connectivity index (χ1) is 12.0. The normalized spacial score (nSPS) is 33.2. The van der Waals surface area contributed by atoms with Gasteiger partial charge in [-0.1, -0.05) is 41.5 Å². The summed E-state index contributed by atoms with van der Waals surface area (Å²) in [4.78, 5) is 17.2. The second-order valence-electron chi connectivity index (χ2n) is 11.5. The molecule has 3 atom stereocenters. The Hall–Kier alpha value is -0.830. The second-order valence-corrected chi connectivity index (χ2v) is 12.5. The van der Waals surface area contributed by atoms with Crippen LogP contribution in [0.25, 0.3) is 0 Å². The monoisotopic (exact) mass is 373 g/mol. The fraction of sp³-hybridized carbons (Fsp3) is 0.783. The molecular weight excluding hydrogens is 338 g/mol. The van der Waals surface area contributed by atoms with Gasteiger partial charge in [0.15, 0.2) is 0 Å². The van der Waals surface area contributed by atoms with E-state index in [-0.39, 0.29) is 0 Å². The molecule has 1 aromatic heterocycles. The number of nitrogens with zero attached hydrogens (tertiary/aromatic N) is 1. The Kier molecular flexibility index (Phi) is 4.16. The fourth-order valence-corrected chi connectivity index (χ4v) is 7.44. The van der Waals surface area contributed by atoms with E-state index in [0.29, 0.717) is 28.2 Å². The van der Waals surface area contributed by atoms with Crippen molar-refractivity contribution in [2.24, 2.45) is 22.2 Å². The maximum Gasteiger partial charge on any atom is 0.255 e. The van der Waals surface area contributed by atoms with Crippen LogP contribution in [-0.4, -0.2) is 23.4 Å². The minimum absolute atomic E-state index is 0.315. The molecule has 2 fully saturated rings. The number of hydrogen-bond donors (Lipinski definition) is 0. The van der Waals surface area contributed by atoms with Gasteiger partial charge in [0.2, 0.25) is 0 Å². The van der Waals surface area contributed by atoms with E-state index in [1.807, 2.05) is 11.3 Å². The molecule has 0 spiro atoms. The highest BCUT2D eigenvalue weighted by Gasteiger charge is 2.51. The molecule has 0 N–H and O–H groups in total. The Bertz CT molecular complexity index is 725. The summed E-state index contributed by atoms with van der Waals surface area (Å²) in [7, 11) is 0. The van der Waals surface area contributed by atoms with Crippen LogP contribution in [0, 0.1) is 22.2 Å². The highest BCUT2D eigenvalue weighted by atomic mass is 32.1. The molecule has 2 heterocycles. The van der Waals surface area contributed by atoms with E-state index in [2.05, 4.69) is 51.8 Å². The first kappa shape index (κ1) is 18.5. The van der Waals surface area contributed by atoms with Gasteiger partial charge in [0.25, 0.3) is 5.91 Å². The SMILES string of the molecule is CC1(C)CC2CC(C)(CN2C(=O)c2csc3c2CCC(C(C)(C)C)C3)C1. The number of hydrogen-bond acceptors (Lipinski definition) is 2. The third-order valence-electron chi connectivity index (χ3n) is 7.29. The first-order valence-electron chi connectivity index (χ1n) is 10.4. The molecule has 1 saturated carbocycles. The Labute approximate surface area is 163 Å². The zero-order valence-corrected chi connectivity index (χ0v) is 18.3. The van der Waals surface area contributed by atoms with Crippen LogP contribution in [0.15, 0.2) is 5.38 Å². The molecule has 3 heteroatoms. The van der Waals surface area contributed by atoms with Gasteiger partial charge in [0, 0.05) is 22.8 Å². The number of carbonyl (C=O) groups excluding carboxylic acids is 1. The summed E-state index contributed by atoms with van der Waals surface area (Å²) in [5, 5.41) is 2.17. The third kappa shape index (κ3) is 3.15. The molecule has 2 bridgehead atoms. The Morgan fingerprint density at radius 3 is 2.65 bits per heavy atom. The summed E-state index contributed by atoms with van der Waals surface area (Å²) in [6, 6.07) is 0.442. The van der Waals surface area contributed by atoms with Crippen LogP contribution in [0.4, 0.5) is 0 Å². The average Bonchev–Trinajstić information content (AvgIpc) is 3.02. The van der Waals surface area contributed by atoms with Crippen molar-refractivity contribution in [1.29, 1.82) is 0 Å². The number of fused-ring (bicyclic) bond motifs is 3. The van der Waals surface area contributed by atoms with E-state index >= 15 is 0 Å². The lowest BCUT2D eigenvalue weighted by atomic mass is 9.65. The van der Waals surface area contributed by atoms with Crippen molar-refractivity contribution in [3.63, 3.8) is 0 Å². The first-order valence-corrected chi connectivity index (χ1v) is 11.3. The van der Waals surface area contributed by atoms with E-state index in [1.54, 1.807) is 0 Å². The van der Waals surface area contributed by atoms with Gasteiger partial charge in [-0.2, -0.15) is 0 Å². The molecule has 1 saturated heterocycles. The molecule has 26 heavy (non-hydrogen) atoms. The molecule has 1 amide bonds. The van der Waals surface area contributed by atoms with E-state index in [1.165, 1.54) is 29.7 Å². The Morgan fingerprint density at radius 1 is 1.23 bits per heavy atom. The third-order valence-corrected chi connectivity index (χ3v) is 8.34. The quantitative estimate of drug-likeness (QED) is 0.596. The van der Waals surface area contributed by atoms with Crippen molar-refractivity contribution >= 4 is 17.2 Å². The van der Waals surface area contributed by atoms with E-state index < -0.39 is 0 Å². The van der Waals surface area contributed by atoms with Crippen LogP contribution < -0.4 is 0 Å². The number of rotatable bonds is 1. The molecular formula is C23H35NOS. The van der Waals surface area contributed by atoms with Crippen molar-refractivity contribution in [2.75, 3.05) is 6.54 Å². The number of likely N-dealkylation sites (tertiary alicyclic amines) is 1. The lowest BCUT2D eigenvalue weighted by molar-refractivity contribution is 0.0707. The fourth-order valence-electron chi connectivity index (χ4n) is 6.28. The van der Waals surface area contributed by atoms with Crippen LogP contribution in [-0.2, 0) is 12.8 Å². The molecule has 0 aromatic carbocycles. The van der Waals surface area contributed by atoms with Gasteiger partial charge in [0.1, 0.15) is 0 Å². The zero-order chi connectivity index (χ0) is 18.9. The summed E-state index contributed by atoms with van der Waals surface area (Å²) in [6.07, 6.45) is 7.07. The summed E-state index contributed by atoms with van der Waals surface area (Å²) in [6.45, 7) is 15.2. The predicted octanol–water partition coefficient (Wildman–Crippen LogP) is 5.94. The lowest BCUT2D eigenvalue weighted by Gasteiger charge is -2.39. The summed E-state index contributed by atoms with van der Waals surface area (Å²) >= 11 is 1.84. The number of amides is 1. The van der Waals surface area contributed by atoms with Gasteiger partial charge in [-0.05, 0) is 66.3 Å². The van der Waals surface area contributed by atoms with Crippen molar-refractivity contribution in [1.82, 2.24) is 4.90 Å². The minimum Gasteiger partial charge on any atom is -0.335 e. The van der Waals surface area contributed by atoms with Crippen LogP contribution >= 0.6 is 11.3 Å². The molecule has 1 aromatic rings. The van der Waals surface area contributed by atoms with Gasteiger partial charge in [-0.15, -0.1) is 11.3 Å². The standard InChI is InChI=1S/C23H35NOS/c1-21(2,3)15-7-8-17-18(12-26-19(17)9-15)20(25)24-14-23(6)11-16(24)10-22(4,5)13-23/h12,15-16H,7-11,13-14H2,1-6H3. The summed E-state index contributed by atoms with van der Waals surface area (Å²) in [5.41, 5.74) is 3.45. The predicted molar refractivity (Wildman–Crippen MR) is 110 cm³/mol. The highest BCUT2D eigenvalue weighted by molar-refractivity contribution is 7.10. The topological polar surface area (TPSA) is 20.3 Å². The molecule has 2 nitrogen and oxygen atoms in total. The number of carbonyl (C=O) groups is 1. The minimum atomic E-state index is 0.315. The van der Waals surface area contributed by atoms with Gasteiger partial charge in [-0.25, -0.2) is 0 Å². The van der Waals surface area contributed by atoms with E-state index in [4.69, 9.17) is 0 Å². The van der Waals surface area contributed by atoms with Crippen molar-refractivity contribution in [2.45, 2.75) is 86.1 Å². The van der Waals surface area contributed by atoms with Gasteiger partial charge < -0.3 is 4.90 Å². The molecule has 3 unspecified atom stereocenters. The molecule has 4 rings (SSSR count). The van der Waals surface area contributed by atoms with Crippen molar-refractivity contribution < 1.29 is 4.79 Å². The summed E-state index contributed by atoms with van der Waals surface area (Å²) in [5.74, 6) is 1.06. The maximum atomic E-state index is 13.5. The van der Waals surface area contributed by atoms with Crippen molar-refractivity contribution in [3.8, 4) is 0 Å². The maximum absolute atomic E-state index is 13.5. The van der Waals surface area contributed by atoms with Crippen LogP contribution in [0.3, 0.4) is 0 Å². The van der Waals surface area contributed by atoms with Crippen molar-refractivity contribution in [3.05, 3.63) is 21.4 Å². The number of thiophene rings is 1. The Balaban J connectivity index is 1.57. The molecule has 1 aliphatic heterocycles. The molecule has 144 valence electrons. The average molecular weight is 374 g/mol. The molecule has 2 aliphatic carbocycles. The smallest absolute Gasteiger partial charge is 0.255 e. The van der Waals surface area contributed by atoms with Gasteiger partial charge >= 0.3 is 0 Å². The lowest BCUT2D eigenvalue weighted by Crippen LogP contribution is -2.38. The van der Waals surface area contributed by atoms with Gasteiger partial charge in [-0.3, -0.25) is 4.79 Å². The molecule has 3 aliphatic rings. The van der Waals surface area contributed by atoms with Crippen LogP contribution in [0.5, 0.6) is 0 Å². The van der Waals surface area contributed by atoms with Gasteiger partial charge in [0.05, 0.1) is 5.56 Å². The highest BCUT2D eigenvalue weighted by Crippen LogP contribution is 2.53. The Morgan fingerprint density at radius 2 is 1.96 bits per heavy atom. The zero-order valence-electron chi connectivity index (χ0n) is 17.4.